The average Bonchev–Trinajstić information content (AvgIpc) is 2.40. The molecule has 2 rings (SSSR count). The molecule has 2 amide bonds. The number of nitrogens with zero attached hydrogens (tertiary/aromatic N) is 1. The van der Waals surface area contributed by atoms with E-state index >= 15 is 0 Å². The molecule has 0 radical (unpaired) electrons. The summed E-state index contributed by atoms with van der Waals surface area (Å²) in [5.74, 6) is -0.310. The van der Waals surface area contributed by atoms with Gasteiger partial charge in [0.1, 0.15) is 0 Å². The molecule has 1 aliphatic heterocycles. The number of carbonyl (C=O) groups excluding carboxylic acids is 1. The van der Waals surface area contributed by atoms with E-state index in [0.29, 0.717) is 11.6 Å². The van der Waals surface area contributed by atoms with Gasteiger partial charge in [0, 0.05) is 18.3 Å². The Labute approximate surface area is 125 Å². The predicted molar refractivity (Wildman–Crippen MR) is 81.7 cm³/mol. The molecule has 2 atom stereocenters. The SMILES string of the molecule is Cc1cc(C(=O)O)ccc1NC(=O)N1CCC(C)CC1C. The summed E-state index contributed by atoms with van der Waals surface area (Å²) in [5.41, 5.74) is 1.64. The van der Waals surface area contributed by atoms with E-state index in [-0.39, 0.29) is 17.6 Å². The first kappa shape index (κ1) is 15.4. The van der Waals surface area contributed by atoms with Crippen LogP contribution in [0.3, 0.4) is 0 Å². The molecule has 0 bridgehead atoms. The van der Waals surface area contributed by atoms with Gasteiger partial charge in [-0.3, -0.25) is 0 Å². The van der Waals surface area contributed by atoms with E-state index in [1.54, 1.807) is 19.1 Å². The van der Waals surface area contributed by atoms with Gasteiger partial charge in [-0.2, -0.15) is 0 Å². The van der Waals surface area contributed by atoms with E-state index in [0.717, 1.165) is 24.9 Å². The minimum Gasteiger partial charge on any atom is -0.478 e. The molecular weight excluding hydrogens is 268 g/mol. The summed E-state index contributed by atoms with van der Waals surface area (Å²) in [4.78, 5) is 25.1. The van der Waals surface area contributed by atoms with E-state index in [9.17, 15) is 9.59 Å². The van der Waals surface area contributed by atoms with Crippen LogP contribution in [0.15, 0.2) is 18.2 Å². The molecule has 1 aliphatic rings. The lowest BCUT2D eigenvalue weighted by Crippen LogP contribution is -2.46. The van der Waals surface area contributed by atoms with Gasteiger partial charge < -0.3 is 15.3 Å². The number of aryl methyl sites for hydroxylation is 1. The van der Waals surface area contributed by atoms with Gasteiger partial charge in [0.25, 0.3) is 0 Å². The lowest BCUT2D eigenvalue weighted by atomic mass is 9.94. The number of aromatic carboxylic acids is 1. The second kappa shape index (κ2) is 6.16. The lowest BCUT2D eigenvalue weighted by molar-refractivity contribution is 0.0697. The number of rotatable bonds is 2. The second-order valence-corrected chi connectivity index (χ2v) is 5.94. The minimum absolute atomic E-state index is 0.111. The Bertz CT molecular complexity index is 556. The number of carboxylic acids is 1. The summed E-state index contributed by atoms with van der Waals surface area (Å²) in [6, 6.07) is 4.84. The Hall–Kier alpha value is -2.04. The van der Waals surface area contributed by atoms with Gasteiger partial charge in [0.15, 0.2) is 0 Å². The highest BCUT2D eigenvalue weighted by molar-refractivity contribution is 5.92. The fraction of sp³-hybridized carbons (Fsp3) is 0.500. The molecule has 1 aromatic rings. The maximum absolute atomic E-state index is 12.4. The Morgan fingerprint density at radius 2 is 2.05 bits per heavy atom. The highest BCUT2D eigenvalue weighted by atomic mass is 16.4. The van der Waals surface area contributed by atoms with Gasteiger partial charge in [-0.15, -0.1) is 0 Å². The van der Waals surface area contributed by atoms with Gasteiger partial charge in [0.05, 0.1) is 5.56 Å². The molecule has 5 heteroatoms. The molecule has 114 valence electrons. The van der Waals surface area contributed by atoms with Crippen molar-refractivity contribution in [2.45, 2.75) is 39.7 Å². The van der Waals surface area contributed by atoms with Crippen LogP contribution in [0, 0.1) is 12.8 Å². The summed E-state index contributed by atoms with van der Waals surface area (Å²) in [7, 11) is 0. The number of benzene rings is 1. The van der Waals surface area contributed by atoms with Crippen molar-refractivity contribution < 1.29 is 14.7 Å². The topological polar surface area (TPSA) is 69.6 Å². The maximum atomic E-state index is 12.4. The largest absolute Gasteiger partial charge is 0.478 e. The summed E-state index contributed by atoms with van der Waals surface area (Å²) in [6.45, 7) is 6.83. The number of urea groups is 1. The number of likely N-dealkylation sites (tertiary alicyclic amines) is 1. The number of nitrogens with one attached hydrogen (secondary N) is 1. The van der Waals surface area contributed by atoms with Crippen LogP contribution in [0.2, 0.25) is 0 Å². The third-order valence-electron chi connectivity index (χ3n) is 4.11. The van der Waals surface area contributed by atoms with Gasteiger partial charge in [0.2, 0.25) is 0 Å². The third-order valence-corrected chi connectivity index (χ3v) is 4.11. The van der Waals surface area contributed by atoms with Crippen LogP contribution in [0.5, 0.6) is 0 Å². The number of carbonyl (C=O) groups is 2. The van der Waals surface area contributed by atoms with Crippen molar-refractivity contribution in [1.82, 2.24) is 4.90 Å². The van der Waals surface area contributed by atoms with Crippen molar-refractivity contribution in [1.29, 1.82) is 0 Å². The number of hydrogen-bond donors (Lipinski definition) is 2. The normalized spacial score (nSPS) is 22.0. The van der Waals surface area contributed by atoms with Crippen LogP contribution < -0.4 is 5.32 Å². The number of amides is 2. The number of anilines is 1. The fourth-order valence-electron chi connectivity index (χ4n) is 2.83. The van der Waals surface area contributed by atoms with Crippen LogP contribution in [0.25, 0.3) is 0 Å². The Kier molecular flexibility index (Phi) is 4.50. The summed E-state index contributed by atoms with van der Waals surface area (Å²) in [5, 5.41) is 11.8. The predicted octanol–water partition coefficient (Wildman–Crippen LogP) is 3.35. The minimum atomic E-state index is -0.963. The van der Waals surface area contributed by atoms with Gasteiger partial charge >= 0.3 is 12.0 Å². The Morgan fingerprint density at radius 1 is 1.33 bits per heavy atom. The van der Waals surface area contributed by atoms with Crippen molar-refractivity contribution in [2.75, 3.05) is 11.9 Å². The van der Waals surface area contributed by atoms with E-state index in [1.807, 2.05) is 4.90 Å². The second-order valence-electron chi connectivity index (χ2n) is 5.94. The molecular formula is C16H22N2O3. The zero-order valence-electron chi connectivity index (χ0n) is 12.7. The Balaban J connectivity index is 2.07. The molecule has 1 heterocycles. The van der Waals surface area contributed by atoms with Crippen LogP contribution >= 0.6 is 0 Å². The summed E-state index contributed by atoms with van der Waals surface area (Å²) >= 11 is 0. The maximum Gasteiger partial charge on any atom is 0.335 e. The van der Waals surface area contributed by atoms with E-state index in [4.69, 9.17) is 5.11 Å². The molecule has 1 aromatic carbocycles. The van der Waals surface area contributed by atoms with Crippen LogP contribution in [0.1, 0.15) is 42.6 Å². The zero-order valence-corrected chi connectivity index (χ0v) is 12.7. The highest BCUT2D eigenvalue weighted by Gasteiger charge is 2.26. The van der Waals surface area contributed by atoms with Crippen molar-refractivity contribution >= 4 is 17.7 Å². The zero-order chi connectivity index (χ0) is 15.6. The van der Waals surface area contributed by atoms with Gasteiger partial charge in [-0.05, 0) is 56.4 Å². The van der Waals surface area contributed by atoms with Crippen molar-refractivity contribution in [3.8, 4) is 0 Å². The Morgan fingerprint density at radius 3 is 2.62 bits per heavy atom. The lowest BCUT2D eigenvalue weighted by Gasteiger charge is -2.36. The number of carboxylic acid groups (broad SMARTS) is 1. The molecule has 0 aliphatic carbocycles. The van der Waals surface area contributed by atoms with Crippen LogP contribution in [-0.2, 0) is 0 Å². The molecule has 21 heavy (non-hydrogen) atoms. The summed E-state index contributed by atoms with van der Waals surface area (Å²) in [6.07, 6.45) is 2.04. The summed E-state index contributed by atoms with van der Waals surface area (Å²) < 4.78 is 0. The van der Waals surface area contributed by atoms with Crippen molar-refractivity contribution in [2.24, 2.45) is 5.92 Å². The molecule has 2 N–H and O–H groups in total. The standard InChI is InChI=1S/C16H22N2O3/c1-10-6-7-18(12(3)8-10)16(21)17-14-5-4-13(15(19)20)9-11(14)2/h4-5,9-10,12H,6-8H2,1-3H3,(H,17,21)(H,19,20). The first-order valence-corrected chi connectivity index (χ1v) is 7.30. The molecule has 0 aromatic heterocycles. The third kappa shape index (κ3) is 3.54. The average molecular weight is 290 g/mol. The molecule has 5 nitrogen and oxygen atoms in total. The molecule has 0 spiro atoms. The quantitative estimate of drug-likeness (QED) is 0.877. The molecule has 0 saturated carbocycles. The van der Waals surface area contributed by atoms with Gasteiger partial charge in [-0.1, -0.05) is 6.92 Å². The van der Waals surface area contributed by atoms with Crippen LogP contribution in [0.4, 0.5) is 10.5 Å². The van der Waals surface area contributed by atoms with Crippen LogP contribution in [-0.4, -0.2) is 34.6 Å². The molecule has 1 saturated heterocycles. The van der Waals surface area contributed by atoms with E-state index < -0.39 is 5.97 Å². The number of piperidine rings is 1. The highest BCUT2D eigenvalue weighted by Crippen LogP contribution is 2.24. The van der Waals surface area contributed by atoms with Gasteiger partial charge in [-0.25, -0.2) is 9.59 Å². The molecule has 1 fully saturated rings. The van der Waals surface area contributed by atoms with Crippen molar-refractivity contribution in [3.63, 3.8) is 0 Å². The smallest absolute Gasteiger partial charge is 0.335 e. The first-order valence-electron chi connectivity index (χ1n) is 7.30. The van der Waals surface area contributed by atoms with Crippen molar-refractivity contribution in [3.05, 3.63) is 29.3 Å². The fourth-order valence-corrected chi connectivity index (χ4v) is 2.83. The molecule has 2 unspecified atom stereocenters. The van der Waals surface area contributed by atoms with E-state index in [2.05, 4.69) is 19.2 Å². The van der Waals surface area contributed by atoms with E-state index in [1.165, 1.54) is 6.07 Å². The number of hydrogen-bond acceptors (Lipinski definition) is 2. The monoisotopic (exact) mass is 290 g/mol. The first-order chi connectivity index (χ1) is 9.88.